The Hall–Kier alpha value is -1.59. The molecule has 138 valence electrons. The highest BCUT2D eigenvalue weighted by molar-refractivity contribution is 7.79. The molecule has 24 heavy (non-hydrogen) atoms. The summed E-state index contributed by atoms with van der Waals surface area (Å²) in [5, 5.41) is 3.35. The fourth-order valence-electron chi connectivity index (χ4n) is 2.40. The van der Waals surface area contributed by atoms with Gasteiger partial charge in [0.1, 0.15) is 0 Å². The number of rotatable bonds is 5. The molecule has 0 spiro atoms. The van der Waals surface area contributed by atoms with Gasteiger partial charge in [-0.05, 0) is 6.07 Å². The van der Waals surface area contributed by atoms with Gasteiger partial charge in [0, 0.05) is 38.3 Å². The second-order valence-corrected chi connectivity index (χ2v) is 5.86. The molecule has 0 aliphatic carbocycles. The van der Waals surface area contributed by atoms with Gasteiger partial charge in [0.15, 0.2) is 11.5 Å². The van der Waals surface area contributed by atoms with Crippen molar-refractivity contribution in [2.75, 3.05) is 47.5 Å². The fourth-order valence-corrected chi connectivity index (χ4v) is 2.40. The number of hydrogen-bond donors (Lipinski definition) is 3. The molecule has 1 aromatic carbocycles. The van der Waals surface area contributed by atoms with E-state index in [1.54, 1.807) is 21.3 Å². The van der Waals surface area contributed by atoms with Crippen LogP contribution in [0, 0.1) is 0 Å². The van der Waals surface area contributed by atoms with Crippen LogP contribution in [0.3, 0.4) is 0 Å². The van der Waals surface area contributed by atoms with E-state index in [0.717, 1.165) is 44.0 Å². The van der Waals surface area contributed by atoms with Gasteiger partial charge in [-0.15, -0.1) is 0 Å². The average Bonchev–Trinajstić information content (AvgIpc) is 2.53. The summed E-state index contributed by atoms with van der Waals surface area (Å²) in [6.07, 6.45) is 0. The number of hydrogen-bond acceptors (Lipinski definition) is 7. The molecule has 10 heteroatoms. The normalized spacial score (nSPS) is 15.2. The lowest BCUT2D eigenvalue weighted by molar-refractivity contribution is 0.228. The van der Waals surface area contributed by atoms with Crippen molar-refractivity contribution in [2.45, 2.75) is 6.54 Å². The van der Waals surface area contributed by atoms with Gasteiger partial charge in [-0.2, -0.15) is 8.42 Å². The third-order valence-electron chi connectivity index (χ3n) is 3.39. The summed E-state index contributed by atoms with van der Waals surface area (Å²) >= 11 is 0. The molecule has 1 heterocycles. The highest BCUT2D eigenvalue weighted by Gasteiger charge is 2.18. The van der Waals surface area contributed by atoms with Crippen molar-refractivity contribution in [2.24, 2.45) is 0 Å². The Bertz CT molecular complexity index is 608. The van der Waals surface area contributed by atoms with Crippen molar-refractivity contribution in [3.63, 3.8) is 0 Å². The van der Waals surface area contributed by atoms with Crippen molar-refractivity contribution < 1.29 is 31.7 Å². The highest BCUT2D eigenvalue weighted by atomic mass is 32.3. The molecule has 2 rings (SSSR count). The maximum atomic E-state index is 8.74. The van der Waals surface area contributed by atoms with Gasteiger partial charge in [-0.3, -0.25) is 14.0 Å². The molecule has 9 nitrogen and oxygen atoms in total. The molecule has 1 fully saturated rings. The molecule has 0 radical (unpaired) electrons. The summed E-state index contributed by atoms with van der Waals surface area (Å²) in [6, 6.07) is 3.97. The number of benzene rings is 1. The maximum Gasteiger partial charge on any atom is 0.394 e. The lowest BCUT2D eigenvalue weighted by Gasteiger charge is -2.28. The molecule has 0 amide bonds. The Labute approximate surface area is 142 Å². The van der Waals surface area contributed by atoms with Gasteiger partial charge >= 0.3 is 10.4 Å². The molecule has 1 saturated heterocycles. The van der Waals surface area contributed by atoms with Gasteiger partial charge in [0.05, 0.1) is 21.3 Å². The second kappa shape index (κ2) is 9.64. The summed E-state index contributed by atoms with van der Waals surface area (Å²) in [4.78, 5) is 2.40. The second-order valence-electron chi connectivity index (χ2n) is 4.97. The van der Waals surface area contributed by atoms with E-state index in [4.69, 9.17) is 31.7 Å². The lowest BCUT2D eigenvalue weighted by Crippen LogP contribution is -2.42. The number of methoxy groups -OCH3 is 3. The maximum absolute atomic E-state index is 8.74. The molecule has 0 aromatic heterocycles. The molecular weight excluding hydrogens is 340 g/mol. The first-order valence-electron chi connectivity index (χ1n) is 7.21. The van der Waals surface area contributed by atoms with E-state index in [9.17, 15) is 0 Å². The van der Waals surface area contributed by atoms with E-state index in [1.807, 2.05) is 12.1 Å². The fraction of sp³-hybridized carbons (Fsp3) is 0.571. The molecule has 3 N–H and O–H groups in total. The van der Waals surface area contributed by atoms with Crippen LogP contribution in [0.25, 0.3) is 0 Å². The molecule has 0 bridgehead atoms. The predicted molar refractivity (Wildman–Crippen MR) is 88.4 cm³/mol. The van der Waals surface area contributed by atoms with Crippen LogP contribution in [0.4, 0.5) is 0 Å². The van der Waals surface area contributed by atoms with Crippen LogP contribution >= 0.6 is 0 Å². The predicted octanol–water partition coefficient (Wildman–Crippen LogP) is 0.465. The number of ether oxygens (including phenoxy) is 3. The first kappa shape index (κ1) is 20.5. The zero-order valence-electron chi connectivity index (χ0n) is 14.0. The number of nitrogens with one attached hydrogen (secondary N) is 1. The standard InChI is InChI=1S/C14H22N2O3.H2O4S/c1-17-12-5-4-11(13(18-2)14(12)19-3)10-16-8-6-15-7-9-16;1-5(2,3)4/h4-5,15H,6-10H2,1-3H3;(H2,1,2,3,4). The van der Waals surface area contributed by atoms with E-state index in [-0.39, 0.29) is 0 Å². The summed E-state index contributed by atoms with van der Waals surface area (Å²) < 4.78 is 47.8. The molecule has 1 aromatic rings. The molecule has 0 atom stereocenters. The van der Waals surface area contributed by atoms with Crippen molar-refractivity contribution in [1.82, 2.24) is 10.2 Å². The first-order chi connectivity index (χ1) is 11.3. The van der Waals surface area contributed by atoms with Gasteiger partial charge in [-0.25, -0.2) is 0 Å². The SMILES string of the molecule is COc1ccc(CN2CCNCC2)c(OC)c1OC.O=S(=O)(O)O. The van der Waals surface area contributed by atoms with Gasteiger partial charge in [0.2, 0.25) is 5.75 Å². The van der Waals surface area contributed by atoms with Crippen LogP contribution in [0.15, 0.2) is 12.1 Å². The van der Waals surface area contributed by atoms with Crippen LogP contribution in [-0.2, 0) is 16.9 Å². The smallest absolute Gasteiger partial charge is 0.394 e. The lowest BCUT2D eigenvalue weighted by atomic mass is 10.1. The van der Waals surface area contributed by atoms with Crippen molar-refractivity contribution in [3.8, 4) is 17.2 Å². The Morgan fingerprint density at radius 2 is 1.58 bits per heavy atom. The average molecular weight is 364 g/mol. The molecule has 0 unspecified atom stereocenters. The summed E-state index contributed by atoms with van der Waals surface area (Å²) in [7, 11) is 0.265. The Balaban J connectivity index is 0.000000505. The zero-order chi connectivity index (χ0) is 18.2. The van der Waals surface area contributed by atoms with Crippen LogP contribution < -0.4 is 19.5 Å². The van der Waals surface area contributed by atoms with E-state index in [0.29, 0.717) is 11.5 Å². The zero-order valence-corrected chi connectivity index (χ0v) is 14.8. The van der Waals surface area contributed by atoms with Crippen molar-refractivity contribution in [1.29, 1.82) is 0 Å². The third-order valence-corrected chi connectivity index (χ3v) is 3.39. The Morgan fingerprint density at radius 3 is 2.04 bits per heavy atom. The van der Waals surface area contributed by atoms with Crippen LogP contribution in [-0.4, -0.2) is 69.9 Å². The monoisotopic (exact) mass is 364 g/mol. The minimum absolute atomic E-state index is 0.664. The van der Waals surface area contributed by atoms with Crippen LogP contribution in [0.1, 0.15) is 5.56 Å². The van der Waals surface area contributed by atoms with E-state index in [1.165, 1.54) is 0 Å². The quantitative estimate of drug-likeness (QED) is 0.641. The van der Waals surface area contributed by atoms with Crippen molar-refractivity contribution in [3.05, 3.63) is 17.7 Å². The molecule has 1 aliphatic heterocycles. The minimum Gasteiger partial charge on any atom is -0.493 e. The van der Waals surface area contributed by atoms with E-state index < -0.39 is 10.4 Å². The van der Waals surface area contributed by atoms with Gasteiger partial charge < -0.3 is 19.5 Å². The van der Waals surface area contributed by atoms with Crippen LogP contribution in [0.5, 0.6) is 17.2 Å². The van der Waals surface area contributed by atoms with Gasteiger partial charge in [-0.1, -0.05) is 6.07 Å². The summed E-state index contributed by atoms with van der Waals surface area (Å²) in [5.74, 6) is 2.13. The molecule has 0 saturated carbocycles. The first-order valence-corrected chi connectivity index (χ1v) is 8.60. The Kier molecular flexibility index (Phi) is 8.22. The number of piperazine rings is 1. The largest absolute Gasteiger partial charge is 0.493 e. The Morgan fingerprint density at radius 1 is 1.04 bits per heavy atom. The highest BCUT2D eigenvalue weighted by Crippen LogP contribution is 2.40. The van der Waals surface area contributed by atoms with E-state index >= 15 is 0 Å². The van der Waals surface area contributed by atoms with Crippen molar-refractivity contribution >= 4 is 10.4 Å². The topological polar surface area (TPSA) is 118 Å². The van der Waals surface area contributed by atoms with E-state index in [2.05, 4.69) is 10.2 Å². The number of nitrogens with zero attached hydrogens (tertiary/aromatic N) is 1. The molecule has 1 aliphatic rings. The third kappa shape index (κ3) is 6.89. The van der Waals surface area contributed by atoms with Gasteiger partial charge in [0.25, 0.3) is 0 Å². The van der Waals surface area contributed by atoms with Crippen LogP contribution in [0.2, 0.25) is 0 Å². The summed E-state index contributed by atoms with van der Waals surface area (Å²) in [6.45, 7) is 5.05. The summed E-state index contributed by atoms with van der Waals surface area (Å²) in [5.41, 5.74) is 1.13. The minimum atomic E-state index is -4.67. The molecular formula is C14H24N2O7S.